The molecule has 5 heteroatoms. The van der Waals surface area contributed by atoms with Gasteiger partial charge < -0.3 is 4.90 Å². The quantitative estimate of drug-likeness (QED) is 0.618. The van der Waals surface area contributed by atoms with Crippen molar-refractivity contribution < 1.29 is 4.57 Å². The Hall–Kier alpha value is -1.75. The molecule has 114 valence electrons. The van der Waals surface area contributed by atoms with Gasteiger partial charge in [-0.25, -0.2) is 4.57 Å². The van der Waals surface area contributed by atoms with Gasteiger partial charge in [-0.15, -0.1) is 0 Å². The first-order valence-corrected chi connectivity index (χ1v) is 9.02. The van der Waals surface area contributed by atoms with Gasteiger partial charge in [0, 0.05) is 24.2 Å². The van der Waals surface area contributed by atoms with E-state index >= 15 is 0 Å². The Morgan fingerprint density at radius 1 is 1.14 bits per heavy atom. The van der Waals surface area contributed by atoms with E-state index in [0.717, 1.165) is 17.4 Å². The lowest BCUT2D eigenvalue weighted by Gasteiger charge is -2.36. The molecule has 1 aromatic heterocycles. The van der Waals surface area contributed by atoms with Gasteiger partial charge in [0.1, 0.15) is 11.9 Å². The second-order valence-electron chi connectivity index (χ2n) is 5.98. The number of benzene rings is 1. The largest absolute Gasteiger partial charge is 0.408 e. The highest BCUT2D eigenvalue weighted by Gasteiger charge is 2.24. The summed E-state index contributed by atoms with van der Waals surface area (Å²) in [6.07, 6.45) is 6.93. The number of azo groups is 1. The zero-order valence-electron chi connectivity index (χ0n) is 13.0. The predicted molar refractivity (Wildman–Crippen MR) is 89.7 cm³/mol. The molecule has 0 fully saturated rings. The molecule has 0 radical (unpaired) electrons. The summed E-state index contributed by atoms with van der Waals surface area (Å²) in [4.78, 5) is 2.56. The highest BCUT2D eigenvalue weighted by molar-refractivity contribution is 7.12. The molecule has 0 unspecified atom stereocenters. The number of aromatic nitrogens is 1. The van der Waals surface area contributed by atoms with Crippen LogP contribution in [0.1, 0.15) is 30.9 Å². The second-order valence-corrected chi connectivity index (χ2v) is 6.85. The van der Waals surface area contributed by atoms with Crippen LogP contribution >= 0.6 is 11.3 Å². The average molecular weight is 313 g/mol. The maximum Gasteiger partial charge on any atom is 0.408 e. The summed E-state index contributed by atoms with van der Waals surface area (Å²) in [5.41, 5.74) is 5.43. The van der Waals surface area contributed by atoms with Crippen LogP contribution in [0.2, 0.25) is 0 Å². The van der Waals surface area contributed by atoms with Crippen molar-refractivity contribution in [2.75, 3.05) is 18.0 Å². The standard InChI is InChI=1S/C17H21N4S/c1-2-20-9-10-22-17(20)19-18-15-11-13-5-3-7-21-8-4-6-14(12-15)16(13)21/h9-12H,2-8H2,1H3/q+1. The molecule has 3 heterocycles. The van der Waals surface area contributed by atoms with Crippen molar-refractivity contribution in [3.8, 4) is 0 Å². The monoisotopic (exact) mass is 313 g/mol. The van der Waals surface area contributed by atoms with Crippen molar-refractivity contribution in [1.82, 2.24) is 0 Å². The van der Waals surface area contributed by atoms with Gasteiger partial charge >= 0.3 is 5.13 Å². The van der Waals surface area contributed by atoms with E-state index in [-0.39, 0.29) is 0 Å². The van der Waals surface area contributed by atoms with Crippen molar-refractivity contribution in [2.24, 2.45) is 10.2 Å². The van der Waals surface area contributed by atoms with Crippen LogP contribution in [0.5, 0.6) is 0 Å². The Morgan fingerprint density at radius 2 is 1.86 bits per heavy atom. The van der Waals surface area contributed by atoms with E-state index in [1.807, 2.05) is 0 Å². The topological polar surface area (TPSA) is 31.8 Å². The van der Waals surface area contributed by atoms with Gasteiger partial charge in [0.05, 0.1) is 11.7 Å². The van der Waals surface area contributed by atoms with E-state index in [2.05, 4.69) is 50.3 Å². The summed E-state index contributed by atoms with van der Waals surface area (Å²) in [6.45, 7) is 5.49. The van der Waals surface area contributed by atoms with Crippen LogP contribution < -0.4 is 9.47 Å². The third kappa shape index (κ3) is 2.43. The lowest BCUT2D eigenvalue weighted by molar-refractivity contribution is -0.676. The van der Waals surface area contributed by atoms with Gasteiger partial charge in [-0.2, -0.15) is 0 Å². The number of aryl methyl sites for hydroxylation is 3. The van der Waals surface area contributed by atoms with Crippen LogP contribution in [0, 0.1) is 0 Å². The molecule has 0 bridgehead atoms. The van der Waals surface area contributed by atoms with E-state index in [9.17, 15) is 0 Å². The number of thiazole rings is 1. The number of anilines is 1. The summed E-state index contributed by atoms with van der Waals surface area (Å²) in [5.74, 6) is 0. The van der Waals surface area contributed by atoms with Crippen molar-refractivity contribution in [3.05, 3.63) is 34.8 Å². The molecular weight excluding hydrogens is 292 g/mol. The van der Waals surface area contributed by atoms with Gasteiger partial charge in [-0.3, -0.25) is 0 Å². The average Bonchev–Trinajstić information content (AvgIpc) is 3.01. The highest BCUT2D eigenvalue weighted by atomic mass is 32.1. The van der Waals surface area contributed by atoms with Crippen molar-refractivity contribution >= 4 is 27.8 Å². The Bertz CT molecular complexity index is 688. The molecule has 0 saturated heterocycles. The van der Waals surface area contributed by atoms with Crippen LogP contribution in [0.4, 0.5) is 16.5 Å². The number of nitrogens with zero attached hydrogens (tertiary/aromatic N) is 4. The maximum absolute atomic E-state index is 4.52. The molecule has 0 amide bonds. The molecular formula is C17H21N4S+. The van der Waals surface area contributed by atoms with Gasteiger partial charge in [0.15, 0.2) is 0 Å². The zero-order chi connectivity index (χ0) is 14.9. The fourth-order valence-corrected chi connectivity index (χ4v) is 4.30. The van der Waals surface area contributed by atoms with E-state index in [1.54, 1.807) is 11.3 Å². The maximum atomic E-state index is 4.52. The number of rotatable bonds is 3. The summed E-state index contributed by atoms with van der Waals surface area (Å²) in [7, 11) is 0. The lowest BCUT2D eigenvalue weighted by Crippen LogP contribution is -2.34. The van der Waals surface area contributed by atoms with E-state index in [1.165, 1.54) is 55.6 Å². The molecule has 4 nitrogen and oxygen atoms in total. The van der Waals surface area contributed by atoms with Crippen molar-refractivity contribution in [3.63, 3.8) is 0 Å². The summed E-state index contributed by atoms with van der Waals surface area (Å²) < 4.78 is 2.12. The van der Waals surface area contributed by atoms with Gasteiger partial charge in [0.2, 0.25) is 0 Å². The molecule has 0 aliphatic carbocycles. The number of hydrogen-bond donors (Lipinski definition) is 0. The molecule has 22 heavy (non-hydrogen) atoms. The Morgan fingerprint density at radius 3 is 2.55 bits per heavy atom. The van der Waals surface area contributed by atoms with Gasteiger partial charge in [0.25, 0.3) is 0 Å². The van der Waals surface area contributed by atoms with E-state index in [0.29, 0.717) is 0 Å². The molecule has 1 aromatic carbocycles. The Balaban J connectivity index is 1.69. The zero-order valence-corrected chi connectivity index (χ0v) is 13.8. The fourth-order valence-electron chi connectivity index (χ4n) is 3.56. The minimum Gasteiger partial charge on any atom is -0.371 e. The van der Waals surface area contributed by atoms with Crippen molar-refractivity contribution in [1.29, 1.82) is 0 Å². The predicted octanol–water partition coefficient (Wildman–Crippen LogP) is 4.17. The molecule has 4 rings (SSSR count). The molecule has 2 aromatic rings. The molecule has 2 aliphatic rings. The van der Waals surface area contributed by atoms with E-state index in [4.69, 9.17) is 0 Å². The number of hydrogen-bond acceptors (Lipinski definition) is 4. The highest BCUT2D eigenvalue weighted by Crippen LogP contribution is 2.38. The first-order valence-electron chi connectivity index (χ1n) is 8.14. The summed E-state index contributed by atoms with van der Waals surface area (Å²) >= 11 is 1.64. The second kappa shape index (κ2) is 5.80. The Kier molecular flexibility index (Phi) is 3.66. The molecule has 0 atom stereocenters. The van der Waals surface area contributed by atoms with Crippen LogP contribution in [-0.2, 0) is 19.4 Å². The molecule has 2 aliphatic heterocycles. The van der Waals surface area contributed by atoms with Gasteiger partial charge in [-0.1, -0.05) is 0 Å². The van der Waals surface area contributed by atoms with Gasteiger partial charge in [-0.05, 0) is 72.3 Å². The summed E-state index contributed by atoms with van der Waals surface area (Å²) in [6, 6.07) is 4.48. The lowest BCUT2D eigenvalue weighted by atomic mass is 9.91. The van der Waals surface area contributed by atoms with Crippen LogP contribution in [-0.4, -0.2) is 13.1 Å². The molecule has 0 N–H and O–H groups in total. The van der Waals surface area contributed by atoms with Crippen LogP contribution in [0.25, 0.3) is 0 Å². The van der Waals surface area contributed by atoms with E-state index < -0.39 is 0 Å². The minimum atomic E-state index is 0.933. The Labute approximate surface area is 135 Å². The SMILES string of the molecule is CC[n+]1ccsc1N=Nc1cc2c3c(c1)CCCN3CCC2. The first-order chi connectivity index (χ1) is 10.8. The summed E-state index contributed by atoms with van der Waals surface area (Å²) in [5, 5.41) is 12.0. The van der Waals surface area contributed by atoms with Crippen molar-refractivity contribution in [2.45, 2.75) is 39.2 Å². The normalized spacial score (nSPS) is 17.0. The smallest absolute Gasteiger partial charge is 0.371 e. The third-order valence-corrected chi connectivity index (χ3v) is 5.35. The fraction of sp³-hybridized carbons (Fsp3) is 0.471. The third-order valence-electron chi connectivity index (χ3n) is 4.57. The first kappa shape index (κ1) is 13.9. The minimum absolute atomic E-state index is 0.933. The molecule has 0 saturated carbocycles. The van der Waals surface area contributed by atoms with Crippen LogP contribution in [0.3, 0.4) is 0 Å². The molecule has 0 spiro atoms. The van der Waals surface area contributed by atoms with Crippen LogP contribution in [0.15, 0.2) is 33.9 Å².